The second-order valence-corrected chi connectivity index (χ2v) is 10.8. The molecule has 44 heavy (non-hydrogen) atoms. The van der Waals surface area contributed by atoms with E-state index in [1.165, 1.54) is 6.09 Å². The zero-order valence-corrected chi connectivity index (χ0v) is 26.0. The molecule has 0 saturated carbocycles. The number of nitrogens with one attached hydrogen (secondary N) is 6. The Hall–Kier alpha value is -3.95. The molecule has 0 aliphatic rings. The van der Waals surface area contributed by atoms with Crippen LogP contribution in [0.25, 0.3) is 0 Å². The average Bonchev–Trinajstić information content (AvgIpc) is 2.92. The summed E-state index contributed by atoms with van der Waals surface area (Å²) in [5, 5.41) is 33.7. The molecule has 0 aromatic heterocycles. The number of rotatable bonds is 23. The first-order valence-corrected chi connectivity index (χ1v) is 14.5. The van der Waals surface area contributed by atoms with Gasteiger partial charge in [-0.1, -0.05) is 6.82 Å². The Bertz CT molecular complexity index is 1010. The number of carbonyl (C=O) groups is 7. The fraction of sp³-hybridized carbons (Fsp3) is 0.692. The molecule has 16 nitrogen and oxygen atoms in total. The Morgan fingerprint density at radius 2 is 1.43 bits per heavy atom. The average molecular weight is 624 g/mol. The van der Waals surface area contributed by atoms with Crippen molar-refractivity contribution in [2.75, 3.05) is 19.6 Å². The minimum Gasteiger partial charge on any atom is -0.459 e. The zero-order valence-electron chi connectivity index (χ0n) is 26.0. The molecule has 0 saturated heterocycles. The predicted octanol–water partition coefficient (Wildman–Crippen LogP) is -2.96. The maximum absolute atomic E-state index is 13.3. The van der Waals surface area contributed by atoms with Crippen LogP contribution in [0.1, 0.15) is 65.7 Å². The van der Waals surface area contributed by atoms with Gasteiger partial charge in [-0.25, -0.2) is 4.79 Å². The molecule has 18 heteroatoms. The van der Waals surface area contributed by atoms with Crippen molar-refractivity contribution in [3.05, 3.63) is 0 Å². The maximum atomic E-state index is 13.3. The molecule has 0 rings (SSSR count). The molecule has 8 N–H and O–H groups in total. The van der Waals surface area contributed by atoms with Crippen molar-refractivity contribution < 1.29 is 48.5 Å². The van der Waals surface area contributed by atoms with E-state index in [0.29, 0.717) is 26.8 Å². The summed E-state index contributed by atoms with van der Waals surface area (Å²) in [6.07, 6.45) is 1.38. The van der Waals surface area contributed by atoms with Crippen molar-refractivity contribution in [2.24, 2.45) is 0 Å². The quantitative estimate of drug-likeness (QED) is 0.0323. The van der Waals surface area contributed by atoms with Gasteiger partial charge in [-0.3, -0.25) is 14.4 Å². The molecule has 0 heterocycles. The molecule has 0 aromatic carbocycles. The molecular formula is C26H46B2N6O10. The minimum absolute atomic E-state index is 0.0368. The van der Waals surface area contributed by atoms with Crippen molar-refractivity contribution in [1.82, 2.24) is 31.8 Å². The van der Waals surface area contributed by atoms with Crippen LogP contribution in [0.2, 0.25) is 6.82 Å². The van der Waals surface area contributed by atoms with Crippen molar-refractivity contribution in [2.45, 2.75) is 96.3 Å². The van der Waals surface area contributed by atoms with Gasteiger partial charge in [0.05, 0.1) is 0 Å². The van der Waals surface area contributed by atoms with Crippen LogP contribution >= 0.6 is 0 Å². The molecular weight excluding hydrogens is 578 g/mol. The van der Waals surface area contributed by atoms with Crippen LogP contribution in [0.5, 0.6) is 0 Å². The number of hydrogen-bond acceptors (Lipinski definition) is 10. The van der Waals surface area contributed by atoms with E-state index in [9.17, 15) is 38.7 Å². The van der Waals surface area contributed by atoms with Gasteiger partial charge >= 0.3 is 155 Å². The van der Waals surface area contributed by atoms with E-state index in [0.717, 1.165) is 0 Å². The van der Waals surface area contributed by atoms with E-state index in [2.05, 4.69) is 39.3 Å². The summed E-state index contributed by atoms with van der Waals surface area (Å²) < 4.78 is 5.17. The summed E-state index contributed by atoms with van der Waals surface area (Å²) in [7, 11) is 4.09. The first-order valence-electron chi connectivity index (χ1n) is 14.5. The van der Waals surface area contributed by atoms with Crippen molar-refractivity contribution in [3.8, 4) is 0 Å². The second kappa shape index (κ2) is 21.7. The molecule has 0 aliphatic carbocycles. The Kier molecular flexibility index (Phi) is 19.7. The first-order chi connectivity index (χ1) is 20.6. The third kappa shape index (κ3) is 20.0. The Morgan fingerprint density at radius 3 is 2.00 bits per heavy atom. The predicted molar refractivity (Wildman–Crippen MR) is 164 cm³/mol. The zero-order chi connectivity index (χ0) is 33.7. The van der Waals surface area contributed by atoms with Crippen LogP contribution in [-0.4, -0.2) is 116 Å². The number of carbonyl (C=O) groups excluding carboxylic acids is 5. The smallest absolute Gasteiger partial charge is 0.459 e. The van der Waals surface area contributed by atoms with Crippen LogP contribution < -0.4 is 31.8 Å². The molecule has 246 valence electrons. The van der Waals surface area contributed by atoms with E-state index in [1.807, 2.05) is 6.82 Å². The van der Waals surface area contributed by atoms with Crippen LogP contribution in [0.3, 0.4) is 0 Å². The van der Waals surface area contributed by atoms with E-state index in [1.54, 1.807) is 20.8 Å². The van der Waals surface area contributed by atoms with Gasteiger partial charge in [0.25, 0.3) is 0 Å². The van der Waals surface area contributed by atoms with E-state index >= 15 is 0 Å². The number of aliphatic carboxylic acids is 2. The summed E-state index contributed by atoms with van der Waals surface area (Å²) in [6, 6.07) is -3.85. The second-order valence-electron chi connectivity index (χ2n) is 10.8. The van der Waals surface area contributed by atoms with Gasteiger partial charge in [0.15, 0.2) is 0 Å². The van der Waals surface area contributed by atoms with Crippen LogP contribution in [0, 0.1) is 0 Å². The fourth-order valence-electron chi connectivity index (χ4n) is 3.70. The number of ether oxygens (including phenoxy) is 1. The van der Waals surface area contributed by atoms with Gasteiger partial charge in [-0.2, -0.15) is 0 Å². The molecule has 0 spiro atoms. The summed E-state index contributed by atoms with van der Waals surface area (Å²) >= 11 is 0. The molecule has 3 atom stereocenters. The Morgan fingerprint density at radius 1 is 0.818 bits per heavy atom. The minimum atomic E-state index is -1.47. The van der Waals surface area contributed by atoms with E-state index in [4.69, 9.17) is 9.84 Å². The Labute approximate surface area is 258 Å². The Balaban J connectivity index is 5.70. The van der Waals surface area contributed by atoms with Crippen LogP contribution in [0.15, 0.2) is 0 Å². The SMILES string of the molecule is B=CNCCCCC(NC(=O)CNBC)C(=O)NC(CCC(=O)NC(CCC(=O)O)C(=O)O)C(=O)NCC(=O)OC(C)(C)C. The van der Waals surface area contributed by atoms with Gasteiger partial charge in [0, 0.05) is 6.42 Å². The van der Waals surface area contributed by atoms with Gasteiger partial charge in [0.2, 0.25) is 5.91 Å². The summed E-state index contributed by atoms with van der Waals surface area (Å²) in [4.78, 5) is 85.6. The monoisotopic (exact) mass is 624 g/mol. The standard InChI is InChI=1S/C26H46B2N6O10/c1-26(2,3)44-22(39)14-30-23(40)17(8-10-19(35)33-18(25(42)43)9-11-21(37)38)34-24(41)16(7-5-6-12-29-15-27)32-20(36)13-31-28-4/h15-18,27-29,31H,5-14H2,1-4H3,(H,30,40)(H,32,36)(H,33,35)(H,34,41)(H,37,38)(H,42,43). The molecule has 0 radical (unpaired) electrons. The molecule has 0 aromatic rings. The number of carboxylic acids is 2. The third-order valence-electron chi connectivity index (χ3n) is 5.80. The van der Waals surface area contributed by atoms with Gasteiger partial charge in [-0.15, -0.1) is 0 Å². The summed E-state index contributed by atoms with van der Waals surface area (Å²) in [5.74, 6) is -6.16. The number of carboxylic acid groups (broad SMARTS) is 2. The van der Waals surface area contributed by atoms with Crippen molar-refractivity contribution in [1.29, 1.82) is 0 Å². The number of esters is 1. The van der Waals surface area contributed by atoms with Gasteiger partial charge < -0.3 is 20.3 Å². The first kappa shape index (κ1) is 40.0. The molecule has 0 aliphatic heterocycles. The van der Waals surface area contributed by atoms with Gasteiger partial charge in [-0.05, 0) is 27.2 Å². The fourth-order valence-corrected chi connectivity index (χ4v) is 3.70. The summed E-state index contributed by atoms with van der Waals surface area (Å²) in [5.41, 5.74) is -0.811. The topological polar surface area (TPSA) is 241 Å². The summed E-state index contributed by atoms with van der Waals surface area (Å²) in [6.45, 7) is 6.78. The van der Waals surface area contributed by atoms with E-state index in [-0.39, 0.29) is 25.8 Å². The molecule has 3 unspecified atom stereocenters. The number of unbranched alkanes of at least 4 members (excludes halogenated alkanes) is 1. The van der Waals surface area contributed by atoms with Crippen molar-refractivity contribution >= 4 is 62.5 Å². The van der Waals surface area contributed by atoms with Gasteiger partial charge in [0.1, 0.15) is 18.2 Å². The third-order valence-corrected chi connectivity index (χ3v) is 5.80. The number of amides is 4. The van der Waals surface area contributed by atoms with E-state index < -0.39 is 84.6 Å². The van der Waals surface area contributed by atoms with Crippen molar-refractivity contribution in [3.63, 3.8) is 0 Å². The number of hydrogen-bond donors (Lipinski definition) is 8. The molecule has 0 bridgehead atoms. The molecule has 4 amide bonds. The van der Waals surface area contributed by atoms with Crippen LogP contribution in [-0.2, 0) is 38.3 Å². The molecule has 0 fully saturated rings. The van der Waals surface area contributed by atoms with Crippen LogP contribution in [0.4, 0.5) is 0 Å². The normalized spacial score (nSPS) is 12.8.